The number of anilines is 2. The second kappa shape index (κ2) is 12.3. The fourth-order valence-corrected chi connectivity index (χ4v) is 5.97. The second-order valence-corrected chi connectivity index (χ2v) is 11.4. The van der Waals surface area contributed by atoms with Crippen molar-refractivity contribution in [3.05, 3.63) is 95.2 Å². The molecule has 6 rings (SSSR count). The molecule has 3 heterocycles. The highest BCUT2D eigenvalue weighted by atomic mass is 35.5. The minimum absolute atomic E-state index is 0.000247. The number of rotatable bonds is 8. The summed E-state index contributed by atoms with van der Waals surface area (Å²) < 4.78 is 48.1. The number of nitrogens with zero attached hydrogens (tertiary/aromatic N) is 5. The van der Waals surface area contributed by atoms with Crippen LogP contribution in [0.1, 0.15) is 42.9 Å². The van der Waals surface area contributed by atoms with Gasteiger partial charge in [-0.2, -0.15) is 5.26 Å². The van der Waals surface area contributed by atoms with E-state index in [0.717, 1.165) is 21.9 Å². The van der Waals surface area contributed by atoms with Crippen LogP contribution in [0.25, 0.3) is 11.5 Å². The molecule has 2 aliphatic rings. The minimum Gasteiger partial charge on any atom is -0.445 e. The Morgan fingerprint density at radius 3 is 2.61 bits per heavy atom. The van der Waals surface area contributed by atoms with Crippen molar-refractivity contribution in [1.82, 2.24) is 15.3 Å². The van der Waals surface area contributed by atoms with Gasteiger partial charge in [0.05, 0.1) is 17.8 Å². The molecule has 1 aliphatic carbocycles. The van der Waals surface area contributed by atoms with E-state index in [1.807, 2.05) is 6.07 Å². The lowest BCUT2D eigenvalue weighted by Gasteiger charge is -2.39. The van der Waals surface area contributed by atoms with Crippen molar-refractivity contribution in [2.45, 2.75) is 49.7 Å². The van der Waals surface area contributed by atoms with E-state index in [4.69, 9.17) is 16.0 Å². The van der Waals surface area contributed by atoms with E-state index >= 15 is 4.39 Å². The van der Waals surface area contributed by atoms with Gasteiger partial charge in [0, 0.05) is 53.3 Å². The number of hydrogen-bond acceptors (Lipinski definition) is 7. The molecule has 2 fully saturated rings. The number of oxazole rings is 1. The summed E-state index contributed by atoms with van der Waals surface area (Å²) in [5.41, 5.74) is 0.343. The van der Waals surface area contributed by atoms with Crippen LogP contribution in [0.4, 0.5) is 24.7 Å². The highest BCUT2D eigenvalue weighted by Crippen LogP contribution is 2.40. The Hall–Kier alpha value is -5.22. The summed E-state index contributed by atoms with van der Waals surface area (Å²) >= 11 is 6.57. The molecule has 234 valence electrons. The molecule has 1 N–H and O–H groups in total. The van der Waals surface area contributed by atoms with Crippen LogP contribution in [0.2, 0.25) is 5.02 Å². The largest absolute Gasteiger partial charge is 0.445 e. The molecule has 1 unspecified atom stereocenters. The molecule has 1 aliphatic heterocycles. The van der Waals surface area contributed by atoms with Gasteiger partial charge in [0.1, 0.15) is 30.0 Å². The molecule has 1 saturated carbocycles. The number of carbonyl (C=O) groups excluding carboxylic acids is 3. The Labute approximate surface area is 265 Å². The van der Waals surface area contributed by atoms with Gasteiger partial charge >= 0.3 is 0 Å². The Morgan fingerprint density at radius 1 is 1.13 bits per heavy atom. The predicted octanol–water partition coefficient (Wildman–Crippen LogP) is 5.58. The zero-order valence-electron chi connectivity index (χ0n) is 23.9. The van der Waals surface area contributed by atoms with Gasteiger partial charge in [0.15, 0.2) is 0 Å². The summed E-state index contributed by atoms with van der Waals surface area (Å²) in [7, 11) is 0. The topological polar surface area (TPSA) is 132 Å². The summed E-state index contributed by atoms with van der Waals surface area (Å²) in [6, 6.07) is 10.7. The molecule has 2 aromatic carbocycles. The smallest absolute Gasteiger partial charge is 0.252 e. The molecule has 0 spiro atoms. The highest BCUT2D eigenvalue weighted by Gasteiger charge is 2.48. The third-order valence-corrected chi connectivity index (χ3v) is 8.18. The zero-order valence-corrected chi connectivity index (χ0v) is 24.6. The first kappa shape index (κ1) is 30.8. The fourth-order valence-electron chi connectivity index (χ4n) is 5.73. The van der Waals surface area contributed by atoms with E-state index in [9.17, 15) is 28.4 Å². The summed E-state index contributed by atoms with van der Waals surface area (Å²) in [5.74, 6) is -5.80. The number of nitrogens with one attached hydrogen (secondary N) is 1. The molecule has 2 aromatic heterocycles. The summed E-state index contributed by atoms with van der Waals surface area (Å²) in [6.45, 7) is 0. The van der Waals surface area contributed by atoms with Crippen molar-refractivity contribution in [2.75, 3.05) is 9.80 Å². The van der Waals surface area contributed by atoms with Crippen LogP contribution in [-0.4, -0.2) is 45.7 Å². The molecule has 10 nitrogen and oxygen atoms in total. The van der Waals surface area contributed by atoms with Crippen molar-refractivity contribution in [3.63, 3.8) is 0 Å². The molecule has 3 amide bonds. The molecule has 14 heteroatoms. The summed E-state index contributed by atoms with van der Waals surface area (Å²) in [6.07, 6.45) is 2.70. The number of amides is 3. The number of nitriles is 1. The van der Waals surface area contributed by atoms with Crippen molar-refractivity contribution >= 4 is 40.8 Å². The molecule has 46 heavy (non-hydrogen) atoms. The van der Waals surface area contributed by atoms with Crippen LogP contribution in [0.15, 0.2) is 77.7 Å². The Bertz CT molecular complexity index is 1860. The number of aromatic nitrogens is 2. The van der Waals surface area contributed by atoms with Gasteiger partial charge in [0.2, 0.25) is 17.7 Å². The summed E-state index contributed by atoms with van der Waals surface area (Å²) in [4.78, 5) is 52.4. The number of halogens is 4. The van der Waals surface area contributed by atoms with Crippen LogP contribution >= 0.6 is 11.6 Å². The van der Waals surface area contributed by atoms with Gasteiger partial charge in [0.25, 0.3) is 11.8 Å². The van der Waals surface area contributed by atoms with Crippen molar-refractivity contribution in [1.29, 1.82) is 5.26 Å². The third-order valence-electron chi connectivity index (χ3n) is 7.84. The van der Waals surface area contributed by atoms with Gasteiger partial charge in [-0.1, -0.05) is 29.8 Å². The van der Waals surface area contributed by atoms with E-state index < -0.39 is 60.4 Å². The maximum Gasteiger partial charge on any atom is 0.252 e. The third kappa shape index (κ3) is 6.03. The number of carbonyl (C=O) groups is 3. The van der Waals surface area contributed by atoms with Crippen LogP contribution in [0.3, 0.4) is 0 Å². The SMILES string of the molecule is N#Cc1ccnc(N2C(=O)CCC2C(=O)N(c2cc(F)cc(-c3ncco3)c2)[C@H](C(=O)NC2CC(F)(F)C2)c2ccccc2Cl)c1. The lowest BCUT2D eigenvalue weighted by atomic mass is 9.87. The highest BCUT2D eigenvalue weighted by molar-refractivity contribution is 6.31. The lowest BCUT2D eigenvalue weighted by molar-refractivity contribution is -0.133. The average molecular weight is 649 g/mol. The number of benzene rings is 2. The van der Waals surface area contributed by atoms with Gasteiger partial charge < -0.3 is 9.73 Å². The van der Waals surface area contributed by atoms with Crippen molar-refractivity contribution in [3.8, 4) is 17.5 Å². The molecule has 4 aromatic rings. The van der Waals surface area contributed by atoms with E-state index in [-0.39, 0.29) is 52.0 Å². The van der Waals surface area contributed by atoms with Gasteiger partial charge in [-0.3, -0.25) is 24.2 Å². The monoisotopic (exact) mass is 648 g/mol. The first-order valence-electron chi connectivity index (χ1n) is 14.2. The Morgan fingerprint density at radius 2 is 1.91 bits per heavy atom. The Kier molecular flexibility index (Phi) is 8.22. The summed E-state index contributed by atoms with van der Waals surface area (Å²) in [5, 5.41) is 12.1. The number of pyridine rings is 1. The van der Waals surface area contributed by atoms with E-state index in [0.29, 0.717) is 0 Å². The van der Waals surface area contributed by atoms with Crippen LogP contribution in [-0.2, 0) is 14.4 Å². The average Bonchev–Trinajstić information content (AvgIpc) is 3.69. The first-order valence-corrected chi connectivity index (χ1v) is 14.6. The molecule has 0 bridgehead atoms. The standard InChI is InChI=1S/C32H24ClF3N6O4/c33-24-4-2-1-3-23(24)28(29(44)40-21-15-32(35,36)16-21)41(22-13-19(12-20(34)14-22)30-39-9-10-46-30)31(45)25-5-6-27(43)42(25)26-11-18(17-37)7-8-38-26/h1-4,7-14,21,25,28H,5-6,15-16H2,(H,40,44)/t25?,28-/m0/s1. The maximum absolute atomic E-state index is 15.3. The Balaban J connectivity index is 1.50. The molecular formula is C32H24ClF3N6O4. The quantitative estimate of drug-likeness (QED) is 0.264. The van der Waals surface area contributed by atoms with Gasteiger partial charge in [-0.15, -0.1) is 0 Å². The first-order chi connectivity index (χ1) is 22.0. The van der Waals surface area contributed by atoms with E-state index in [1.165, 1.54) is 49.0 Å². The van der Waals surface area contributed by atoms with Crippen molar-refractivity contribution < 1.29 is 32.0 Å². The predicted molar refractivity (Wildman–Crippen MR) is 159 cm³/mol. The normalized spacial score (nSPS) is 18.0. The van der Waals surface area contributed by atoms with Crippen LogP contribution in [0.5, 0.6) is 0 Å². The van der Waals surface area contributed by atoms with Crippen LogP contribution < -0.4 is 15.1 Å². The number of alkyl halides is 2. The molecule has 2 atom stereocenters. The number of hydrogen-bond donors (Lipinski definition) is 1. The van der Waals surface area contributed by atoms with Gasteiger partial charge in [-0.05, 0) is 42.8 Å². The van der Waals surface area contributed by atoms with Gasteiger partial charge in [-0.25, -0.2) is 23.1 Å². The van der Waals surface area contributed by atoms with E-state index in [2.05, 4.69) is 15.3 Å². The fraction of sp³-hybridized carbons (Fsp3) is 0.250. The molecule has 0 radical (unpaired) electrons. The maximum atomic E-state index is 15.3. The second-order valence-electron chi connectivity index (χ2n) is 11.0. The van der Waals surface area contributed by atoms with Crippen LogP contribution in [0, 0.1) is 17.1 Å². The van der Waals surface area contributed by atoms with Crippen molar-refractivity contribution in [2.24, 2.45) is 0 Å². The zero-order chi connectivity index (χ0) is 32.6. The minimum atomic E-state index is -2.95. The lowest BCUT2D eigenvalue weighted by Crippen LogP contribution is -2.56. The molecular weight excluding hydrogens is 625 g/mol. The molecule has 1 saturated heterocycles. The van der Waals surface area contributed by atoms with E-state index in [1.54, 1.807) is 12.1 Å².